The fourth-order valence-electron chi connectivity index (χ4n) is 2.75. The van der Waals surface area contributed by atoms with E-state index >= 15 is 0 Å². The Balaban J connectivity index is 2.07. The maximum atomic E-state index is 5.97. The minimum Gasteiger partial charge on any atom is -0.491 e. The molecule has 0 radical (unpaired) electrons. The van der Waals surface area contributed by atoms with Crippen molar-refractivity contribution < 1.29 is 14.2 Å². The highest BCUT2D eigenvalue weighted by molar-refractivity contribution is 5.79. The summed E-state index contributed by atoms with van der Waals surface area (Å²) in [5, 5.41) is 6.67. The van der Waals surface area contributed by atoms with Crippen molar-refractivity contribution in [1.29, 1.82) is 0 Å². The Hall–Kier alpha value is -2.80. The lowest BCUT2D eigenvalue weighted by Crippen LogP contribution is -2.37. The molecule has 164 valence electrons. The van der Waals surface area contributed by atoms with Crippen molar-refractivity contribution in [2.45, 2.75) is 46.9 Å². The van der Waals surface area contributed by atoms with Gasteiger partial charge in [0.2, 0.25) is 5.88 Å². The summed E-state index contributed by atoms with van der Waals surface area (Å²) in [7, 11) is 1.65. The molecule has 0 saturated carbocycles. The lowest BCUT2D eigenvalue weighted by molar-refractivity contribution is 0.143. The smallest absolute Gasteiger partial charge is 0.218 e. The molecule has 0 spiro atoms. The summed E-state index contributed by atoms with van der Waals surface area (Å²) in [6, 6.07) is 10.1. The molecule has 2 aromatic rings. The normalized spacial score (nSPS) is 11.5. The van der Waals surface area contributed by atoms with Gasteiger partial charge in [0.05, 0.1) is 19.3 Å². The first-order valence-corrected chi connectivity index (χ1v) is 10.4. The Morgan fingerprint density at radius 3 is 2.70 bits per heavy atom. The molecule has 1 heterocycles. The van der Waals surface area contributed by atoms with E-state index in [-0.39, 0.29) is 6.10 Å². The molecule has 0 aliphatic heterocycles. The van der Waals surface area contributed by atoms with Crippen molar-refractivity contribution >= 4 is 5.96 Å². The lowest BCUT2D eigenvalue weighted by atomic mass is 10.1. The van der Waals surface area contributed by atoms with E-state index in [1.54, 1.807) is 13.3 Å². The first-order chi connectivity index (χ1) is 14.5. The molecular formula is C23H34N4O3. The topological polar surface area (TPSA) is 77.0 Å². The number of nitrogens with zero attached hydrogens (tertiary/aromatic N) is 2. The highest BCUT2D eigenvalue weighted by Gasteiger charge is 2.09. The SMILES string of the molecule is CCNC(=NCc1cccnc1OCCOC)NCc1ccc(C)cc1OC(C)C. The number of benzene rings is 1. The van der Waals surface area contributed by atoms with Crippen molar-refractivity contribution in [2.75, 3.05) is 26.9 Å². The molecule has 0 amide bonds. The molecule has 2 rings (SSSR count). The molecule has 30 heavy (non-hydrogen) atoms. The molecule has 0 fully saturated rings. The molecule has 0 aliphatic carbocycles. The Morgan fingerprint density at radius 2 is 1.97 bits per heavy atom. The minimum atomic E-state index is 0.120. The van der Waals surface area contributed by atoms with Gasteiger partial charge in [0.1, 0.15) is 12.4 Å². The van der Waals surface area contributed by atoms with Gasteiger partial charge in [-0.2, -0.15) is 0 Å². The Labute approximate surface area is 179 Å². The van der Waals surface area contributed by atoms with Crippen LogP contribution >= 0.6 is 0 Å². The highest BCUT2D eigenvalue weighted by atomic mass is 16.5. The van der Waals surface area contributed by atoms with Crippen molar-refractivity contribution in [2.24, 2.45) is 4.99 Å². The second-order valence-corrected chi connectivity index (χ2v) is 7.14. The molecule has 1 aromatic carbocycles. The second kappa shape index (κ2) is 12.7. The van der Waals surface area contributed by atoms with Crippen LogP contribution in [-0.2, 0) is 17.8 Å². The molecule has 1 aromatic heterocycles. The van der Waals surface area contributed by atoms with Gasteiger partial charge in [-0.3, -0.25) is 0 Å². The molecule has 7 heteroatoms. The summed E-state index contributed by atoms with van der Waals surface area (Å²) in [6.07, 6.45) is 1.83. The van der Waals surface area contributed by atoms with Crippen LogP contribution in [0.2, 0.25) is 0 Å². The van der Waals surface area contributed by atoms with Gasteiger partial charge in [-0.25, -0.2) is 9.98 Å². The van der Waals surface area contributed by atoms with E-state index < -0.39 is 0 Å². The van der Waals surface area contributed by atoms with E-state index in [1.165, 1.54) is 5.56 Å². The molecule has 2 N–H and O–H groups in total. The number of ether oxygens (including phenoxy) is 3. The number of hydrogen-bond acceptors (Lipinski definition) is 5. The van der Waals surface area contributed by atoms with Gasteiger partial charge in [0, 0.05) is 37.5 Å². The molecule has 0 aliphatic rings. The molecule has 0 unspecified atom stereocenters. The zero-order valence-corrected chi connectivity index (χ0v) is 18.7. The Morgan fingerprint density at radius 1 is 1.13 bits per heavy atom. The largest absolute Gasteiger partial charge is 0.491 e. The van der Waals surface area contributed by atoms with Crippen LogP contribution in [0.3, 0.4) is 0 Å². The number of pyridine rings is 1. The van der Waals surface area contributed by atoms with Crippen molar-refractivity contribution in [3.05, 3.63) is 53.2 Å². The Kier molecular flexibility index (Phi) is 9.94. The van der Waals surface area contributed by atoms with E-state index in [9.17, 15) is 0 Å². The van der Waals surface area contributed by atoms with Gasteiger partial charge in [-0.15, -0.1) is 0 Å². The third-order valence-electron chi connectivity index (χ3n) is 4.16. The standard InChI is InChI=1S/C23H34N4O3/c1-6-24-23(26-15-19-10-9-18(4)14-21(19)30-17(2)3)27-16-20-8-7-11-25-22(20)29-13-12-28-5/h7-11,14,17H,6,12-13,15-16H2,1-5H3,(H2,24,26,27). The predicted molar refractivity (Wildman–Crippen MR) is 120 cm³/mol. The summed E-state index contributed by atoms with van der Waals surface area (Å²) in [5.41, 5.74) is 3.18. The van der Waals surface area contributed by atoms with Gasteiger partial charge in [0.25, 0.3) is 0 Å². The van der Waals surface area contributed by atoms with Gasteiger partial charge in [0.15, 0.2) is 5.96 Å². The third-order valence-corrected chi connectivity index (χ3v) is 4.16. The van der Waals surface area contributed by atoms with Crippen LogP contribution in [0.5, 0.6) is 11.6 Å². The summed E-state index contributed by atoms with van der Waals surface area (Å²) >= 11 is 0. The summed E-state index contributed by atoms with van der Waals surface area (Å²) in [4.78, 5) is 9.01. The lowest BCUT2D eigenvalue weighted by Gasteiger charge is -2.17. The predicted octanol–water partition coefficient (Wildman–Crippen LogP) is 3.46. The number of aryl methyl sites for hydroxylation is 1. The van der Waals surface area contributed by atoms with Crippen LogP contribution in [0, 0.1) is 6.92 Å². The number of rotatable bonds is 11. The fourth-order valence-corrected chi connectivity index (χ4v) is 2.75. The number of nitrogens with one attached hydrogen (secondary N) is 2. The van der Waals surface area contributed by atoms with Crippen LogP contribution in [0.25, 0.3) is 0 Å². The van der Waals surface area contributed by atoms with Crippen molar-refractivity contribution in [3.63, 3.8) is 0 Å². The van der Waals surface area contributed by atoms with Gasteiger partial charge < -0.3 is 24.8 Å². The van der Waals surface area contributed by atoms with Crippen molar-refractivity contribution in [1.82, 2.24) is 15.6 Å². The monoisotopic (exact) mass is 414 g/mol. The quantitative estimate of drug-likeness (QED) is 0.333. The highest BCUT2D eigenvalue weighted by Crippen LogP contribution is 2.21. The number of guanidine groups is 1. The molecule has 7 nitrogen and oxygen atoms in total. The average Bonchev–Trinajstić information content (AvgIpc) is 2.72. The summed E-state index contributed by atoms with van der Waals surface area (Å²) in [5.74, 6) is 2.20. The first kappa shape index (κ1) is 23.5. The minimum absolute atomic E-state index is 0.120. The van der Waals surface area contributed by atoms with E-state index in [1.807, 2.05) is 32.9 Å². The van der Waals surface area contributed by atoms with E-state index in [4.69, 9.17) is 19.2 Å². The van der Waals surface area contributed by atoms with Crippen LogP contribution in [0.4, 0.5) is 0 Å². The van der Waals surface area contributed by atoms with Gasteiger partial charge in [-0.05, 0) is 45.4 Å². The van der Waals surface area contributed by atoms with E-state index in [0.29, 0.717) is 32.2 Å². The number of methoxy groups -OCH3 is 1. The maximum Gasteiger partial charge on any atom is 0.218 e. The number of hydrogen-bond donors (Lipinski definition) is 2. The van der Waals surface area contributed by atoms with E-state index in [0.717, 1.165) is 29.4 Å². The second-order valence-electron chi connectivity index (χ2n) is 7.14. The number of aromatic nitrogens is 1. The zero-order valence-electron chi connectivity index (χ0n) is 18.7. The summed E-state index contributed by atoms with van der Waals surface area (Å²) in [6.45, 7) is 11.0. The first-order valence-electron chi connectivity index (χ1n) is 10.4. The van der Waals surface area contributed by atoms with Crippen molar-refractivity contribution in [3.8, 4) is 11.6 Å². The molecule has 0 bridgehead atoms. The number of aliphatic imine (C=N–C) groups is 1. The zero-order chi connectivity index (χ0) is 21.8. The summed E-state index contributed by atoms with van der Waals surface area (Å²) < 4.78 is 16.7. The third kappa shape index (κ3) is 7.91. The van der Waals surface area contributed by atoms with Crippen LogP contribution in [-0.4, -0.2) is 43.9 Å². The Bertz CT molecular complexity index is 809. The molecular weight excluding hydrogens is 380 g/mol. The average molecular weight is 415 g/mol. The van der Waals surface area contributed by atoms with Gasteiger partial charge in [-0.1, -0.05) is 18.2 Å². The fraction of sp³-hybridized carbons (Fsp3) is 0.478. The van der Waals surface area contributed by atoms with E-state index in [2.05, 4.69) is 40.7 Å². The van der Waals surface area contributed by atoms with Crippen LogP contribution in [0.1, 0.15) is 37.5 Å². The maximum absolute atomic E-state index is 5.97. The molecule has 0 atom stereocenters. The molecule has 0 saturated heterocycles. The van der Waals surface area contributed by atoms with Crippen LogP contribution < -0.4 is 20.1 Å². The van der Waals surface area contributed by atoms with Crippen LogP contribution in [0.15, 0.2) is 41.5 Å². The van der Waals surface area contributed by atoms with Gasteiger partial charge >= 0.3 is 0 Å².